The normalized spacial score (nSPS) is 12.7. The maximum Gasteiger partial charge on any atom is 0.162 e. The molecular formula is C60H40N6. The van der Waals surface area contributed by atoms with Crippen molar-refractivity contribution in [2.45, 2.75) is 5.41 Å². The highest BCUT2D eigenvalue weighted by molar-refractivity contribution is 6.14. The van der Waals surface area contributed by atoms with E-state index in [1.54, 1.807) is 12.7 Å². The molecule has 12 aromatic rings. The summed E-state index contributed by atoms with van der Waals surface area (Å²) < 4.78 is 4.69. The molecule has 0 atom stereocenters. The molecule has 310 valence electrons. The summed E-state index contributed by atoms with van der Waals surface area (Å²) in [5.74, 6) is 0.636. The van der Waals surface area contributed by atoms with E-state index in [2.05, 4.69) is 260 Å². The van der Waals surface area contributed by atoms with Gasteiger partial charge in [0.2, 0.25) is 0 Å². The largest absolute Gasteiger partial charge is 0.316 e. The van der Waals surface area contributed by atoms with Crippen molar-refractivity contribution >= 4 is 49.8 Å². The van der Waals surface area contributed by atoms with Crippen LogP contribution in [0.4, 0.5) is 17.1 Å². The van der Waals surface area contributed by atoms with E-state index in [0.29, 0.717) is 5.82 Å². The van der Waals surface area contributed by atoms with Gasteiger partial charge in [-0.25, -0.2) is 15.0 Å². The van der Waals surface area contributed by atoms with Crippen molar-refractivity contribution in [1.82, 2.24) is 24.1 Å². The first-order chi connectivity index (χ1) is 32.7. The van der Waals surface area contributed by atoms with Crippen LogP contribution in [0.25, 0.3) is 66.6 Å². The second-order valence-electron chi connectivity index (χ2n) is 16.9. The minimum atomic E-state index is -0.548. The third-order valence-corrected chi connectivity index (χ3v) is 13.4. The Morgan fingerprint density at radius 3 is 1.70 bits per heavy atom. The van der Waals surface area contributed by atoms with Gasteiger partial charge in [0, 0.05) is 56.4 Å². The molecule has 0 saturated carbocycles. The first kappa shape index (κ1) is 37.7. The fourth-order valence-electron chi connectivity index (χ4n) is 10.6. The van der Waals surface area contributed by atoms with Gasteiger partial charge in [-0.1, -0.05) is 127 Å². The standard InChI is InChI=1S/C60H40N6/c1-5-15-43(16-6-1)60(44-17-7-2-8-18-44)54-24-14-13-23-50(54)51-31-29-49(37-55(51)60)65(47-27-25-41(26-28-47)59-62-39-61-40-63-59)48-30-32-56-53(36-48)52-35-42-33-34-64(45-19-9-3-10-20-45)57(42)38-58(52)66(56)46-21-11-4-12-22-46/h1-40H. The number of anilines is 3. The Morgan fingerprint density at radius 2 is 0.985 bits per heavy atom. The molecule has 0 radical (unpaired) electrons. The van der Waals surface area contributed by atoms with Crippen molar-refractivity contribution in [3.63, 3.8) is 0 Å². The first-order valence-corrected chi connectivity index (χ1v) is 22.3. The van der Waals surface area contributed by atoms with Crippen LogP contribution in [0.5, 0.6) is 0 Å². The molecule has 6 heteroatoms. The number of para-hydroxylation sites is 2. The number of aromatic nitrogens is 5. The number of nitrogens with zero attached hydrogens (tertiary/aromatic N) is 6. The zero-order chi connectivity index (χ0) is 43.6. The van der Waals surface area contributed by atoms with Crippen LogP contribution in [-0.2, 0) is 5.41 Å². The van der Waals surface area contributed by atoms with E-state index in [9.17, 15) is 0 Å². The summed E-state index contributed by atoms with van der Waals surface area (Å²) in [6.07, 6.45) is 5.27. The van der Waals surface area contributed by atoms with Crippen LogP contribution in [-0.4, -0.2) is 24.1 Å². The zero-order valence-electron chi connectivity index (χ0n) is 35.8. The lowest BCUT2D eigenvalue weighted by molar-refractivity contribution is 0.768. The van der Waals surface area contributed by atoms with Crippen LogP contribution in [0.1, 0.15) is 22.3 Å². The molecule has 1 aliphatic rings. The highest BCUT2D eigenvalue weighted by atomic mass is 15.1. The van der Waals surface area contributed by atoms with E-state index in [4.69, 9.17) is 0 Å². The van der Waals surface area contributed by atoms with Crippen LogP contribution in [0.15, 0.2) is 243 Å². The van der Waals surface area contributed by atoms with Gasteiger partial charge < -0.3 is 14.0 Å². The minimum absolute atomic E-state index is 0.548. The summed E-state index contributed by atoms with van der Waals surface area (Å²) in [6, 6.07) is 81.7. The molecular weight excluding hydrogens is 805 g/mol. The average molecular weight is 845 g/mol. The average Bonchev–Trinajstić information content (AvgIpc) is 4.05. The Bertz CT molecular complexity index is 3690. The highest BCUT2D eigenvalue weighted by Gasteiger charge is 2.46. The molecule has 0 amide bonds. The van der Waals surface area contributed by atoms with E-state index in [-0.39, 0.29) is 0 Å². The molecule has 0 aliphatic heterocycles. The lowest BCUT2D eigenvalue weighted by Gasteiger charge is -2.35. The quantitative estimate of drug-likeness (QED) is 0.153. The van der Waals surface area contributed by atoms with Crippen molar-refractivity contribution in [2.24, 2.45) is 0 Å². The fourth-order valence-corrected chi connectivity index (χ4v) is 10.6. The topological polar surface area (TPSA) is 51.8 Å². The Hall–Kier alpha value is -8.87. The Morgan fingerprint density at radius 1 is 0.409 bits per heavy atom. The van der Waals surface area contributed by atoms with Gasteiger partial charge in [-0.05, 0) is 130 Å². The van der Waals surface area contributed by atoms with Gasteiger partial charge in [-0.2, -0.15) is 0 Å². The summed E-state index contributed by atoms with van der Waals surface area (Å²) in [6.45, 7) is 0. The molecule has 0 fully saturated rings. The fraction of sp³-hybridized carbons (Fsp3) is 0.0167. The van der Waals surface area contributed by atoms with Crippen molar-refractivity contribution in [3.05, 3.63) is 266 Å². The van der Waals surface area contributed by atoms with E-state index >= 15 is 0 Å². The van der Waals surface area contributed by atoms with Gasteiger partial charge in [0.15, 0.2) is 5.82 Å². The lowest BCUT2D eigenvalue weighted by atomic mass is 9.67. The van der Waals surface area contributed by atoms with E-state index in [1.807, 2.05) is 0 Å². The summed E-state index contributed by atoms with van der Waals surface area (Å²) in [5.41, 5.74) is 16.7. The van der Waals surface area contributed by atoms with Gasteiger partial charge in [-0.3, -0.25) is 0 Å². The van der Waals surface area contributed by atoms with E-state index in [1.165, 1.54) is 49.5 Å². The Balaban J connectivity index is 1.06. The number of fused-ring (bicyclic) bond motifs is 7. The molecule has 0 unspecified atom stereocenters. The third-order valence-electron chi connectivity index (χ3n) is 13.4. The zero-order valence-corrected chi connectivity index (χ0v) is 35.8. The van der Waals surface area contributed by atoms with Crippen molar-refractivity contribution in [1.29, 1.82) is 0 Å². The maximum absolute atomic E-state index is 4.46. The molecule has 1 aliphatic carbocycles. The molecule has 0 N–H and O–H groups in total. The second kappa shape index (κ2) is 15.1. The molecule has 3 heterocycles. The minimum Gasteiger partial charge on any atom is -0.316 e. The summed E-state index contributed by atoms with van der Waals surface area (Å²) in [5, 5.41) is 3.55. The monoisotopic (exact) mass is 844 g/mol. The third kappa shape index (κ3) is 5.78. The van der Waals surface area contributed by atoms with Crippen molar-refractivity contribution in [3.8, 4) is 33.9 Å². The second-order valence-corrected chi connectivity index (χ2v) is 16.9. The van der Waals surface area contributed by atoms with Crippen molar-refractivity contribution in [2.75, 3.05) is 4.90 Å². The van der Waals surface area contributed by atoms with Gasteiger partial charge in [0.05, 0.1) is 22.0 Å². The predicted octanol–water partition coefficient (Wildman–Crippen LogP) is 14.4. The molecule has 0 spiro atoms. The molecule has 13 rings (SSSR count). The molecule has 0 saturated heterocycles. The maximum atomic E-state index is 4.46. The first-order valence-electron chi connectivity index (χ1n) is 22.3. The molecule has 0 bridgehead atoms. The van der Waals surface area contributed by atoms with Crippen LogP contribution in [0.3, 0.4) is 0 Å². The molecule has 9 aromatic carbocycles. The lowest BCUT2D eigenvalue weighted by Crippen LogP contribution is -2.28. The van der Waals surface area contributed by atoms with Crippen molar-refractivity contribution < 1.29 is 0 Å². The molecule has 6 nitrogen and oxygen atoms in total. The van der Waals surface area contributed by atoms with E-state index < -0.39 is 5.41 Å². The van der Waals surface area contributed by atoms with E-state index in [0.717, 1.165) is 50.6 Å². The summed E-state index contributed by atoms with van der Waals surface area (Å²) in [7, 11) is 0. The smallest absolute Gasteiger partial charge is 0.162 e. The highest BCUT2D eigenvalue weighted by Crippen LogP contribution is 2.57. The van der Waals surface area contributed by atoms with Crippen LogP contribution >= 0.6 is 0 Å². The van der Waals surface area contributed by atoms with Gasteiger partial charge in [-0.15, -0.1) is 0 Å². The van der Waals surface area contributed by atoms with Gasteiger partial charge >= 0.3 is 0 Å². The Labute approximate surface area is 382 Å². The number of rotatable bonds is 8. The van der Waals surface area contributed by atoms with Gasteiger partial charge in [0.1, 0.15) is 12.7 Å². The predicted molar refractivity (Wildman–Crippen MR) is 268 cm³/mol. The Kier molecular flexibility index (Phi) is 8.64. The SMILES string of the molecule is c1ccc(-n2ccc3cc4c5cc(N(c6ccc(-c7ncncn7)cc6)c6ccc7c(c6)C(c6ccccc6)(c6ccccc6)c6ccccc6-7)ccc5n(-c5ccccc5)c4cc32)cc1. The molecule has 66 heavy (non-hydrogen) atoms. The number of benzene rings is 9. The molecule has 3 aromatic heterocycles. The summed E-state index contributed by atoms with van der Waals surface area (Å²) in [4.78, 5) is 15.4. The van der Waals surface area contributed by atoms with Gasteiger partial charge in [0.25, 0.3) is 0 Å². The summed E-state index contributed by atoms with van der Waals surface area (Å²) >= 11 is 0. The number of hydrogen-bond donors (Lipinski definition) is 0. The van der Waals surface area contributed by atoms with Crippen LogP contribution in [0, 0.1) is 0 Å². The van der Waals surface area contributed by atoms with Crippen LogP contribution < -0.4 is 4.90 Å². The van der Waals surface area contributed by atoms with Crippen LogP contribution in [0.2, 0.25) is 0 Å². The number of hydrogen-bond acceptors (Lipinski definition) is 4.